The Morgan fingerprint density at radius 2 is 1.91 bits per heavy atom. The molecule has 2 aromatic heterocycles. The Hall–Kier alpha value is -1.77. The maximum Gasteiger partial charge on any atom is 0.209 e. The fourth-order valence-corrected chi connectivity index (χ4v) is 3.99. The second-order valence-corrected chi connectivity index (χ2v) is 6.97. The lowest BCUT2D eigenvalue weighted by Gasteiger charge is -2.25. The van der Waals surface area contributed by atoms with E-state index < -0.39 is 0 Å². The number of benzene rings is 1. The van der Waals surface area contributed by atoms with Crippen molar-refractivity contribution in [3.05, 3.63) is 30.5 Å². The summed E-state index contributed by atoms with van der Waals surface area (Å²) in [6.45, 7) is 3.24. The van der Waals surface area contributed by atoms with Crippen LogP contribution < -0.4 is 4.90 Å². The number of rotatable bonds is 3. The fraction of sp³-hybridized carbons (Fsp3) is 0.286. The zero-order chi connectivity index (χ0) is 14.8. The van der Waals surface area contributed by atoms with Crippen LogP contribution in [-0.2, 0) is 4.74 Å². The van der Waals surface area contributed by atoms with Crippen LogP contribution in [0.3, 0.4) is 0 Å². The number of ether oxygens (including phenoxy) is 1. The minimum Gasteiger partial charge on any atom is -0.378 e. The molecule has 0 atom stereocenters. The van der Waals surface area contributed by atoms with Crippen molar-refractivity contribution in [3.8, 4) is 0 Å². The van der Waals surface area contributed by atoms with E-state index in [1.165, 1.54) is 11.8 Å². The number of hydrogen-bond acceptors (Lipinski definition) is 8. The zero-order valence-corrected chi connectivity index (χ0v) is 13.3. The molecule has 0 radical (unpaired) electrons. The van der Waals surface area contributed by atoms with E-state index in [0.717, 1.165) is 51.8 Å². The lowest BCUT2D eigenvalue weighted by Crippen LogP contribution is -2.36. The molecular formula is C14H13N5OS2. The third-order valence-electron chi connectivity index (χ3n) is 3.30. The largest absolute Gasteiger partial charge is 0.378 e. The third-order valence-corrected chi connectivity index (χ3v) is 5.24. The predicted molar refractivity (Wildman–Crippen MR) is 86.6 cm³/mol. The van der Waals surface area contributed by atoms with Crippen LogP contribution in [0.25, 0.3) is 11.0 Å². The molecule has 3 aromatic rings. The van der Waals surface area contributed by atoms with E-state index in [1.54, 1.807) is 17.5 Å². The Morgan fingerprint density at radius 3 is 2.77 bits per heavy atom. The Labute approximate surface area is 135 Å². The Morgan fingerprint density at radius 1 is 1.09 bits per heavy atom. The summed E-state index contributed by atoms with van der Waals surface area (Å²) >= 11 is 3.08. The molecule has 1 aliphatic rings. The van der Waals surface area contributed by atoms with Gasteiger partial charge in [-0.15, -0.1) is 10.2 Å². The first kappa shape index (κ1) is 13.9. The topological polar surface area (TPSA) is 64.0 Å². The van der Waals surface area contributed by atoms with Crippen LogP contribution in [0.2, 0.25) is 0 Å². The highest BCUT2D eigenvalue weighted by atomic mass is 32.2. The molecule has 1 fully saturated rings. The SMILES string of the molecule is c1ccc2nc(Sc3nnc(N4CCOCC4)s3)cnc2c1. The molecule has 22 heavy (non-hydrogen) atoms. The summed E-state index contributed by atoms with van der Waals surface area (Å²) in [5.74, 6) is 0. The molecule has 0 saturated carbocycles. The first-order valence-corrected chi connectivity index (χ1v) is 8.58. The summed E-state index contributed by atoms with van der Waals surface area (Å²) in [4.78, 5) is 11.2. The average Bonchev–Trinajstić information content (AvgIpc) is 3.04. The highest BCUT2D eigenvalue weighted by Crippen LogP contribution is 2.32. The quantitative estimate of drug-likeness (QED) is 0.730. The average molecular weight is 331 g/mol. The van der Waals surface area contributed by atoms with Crippen LogP contribution in [0.1, 0.15) is 0 Å². The minimum atomic E-state index is 0.748. The summed E-state index contributed by atoms with van der Waals surface area (Å²) in [6, 6.07) is 7.85. The van der Waals surface area contributed by atoms with Gasteiger partial charge in [0.15, 0.2) is 4.34 Å². The Kier molecular flexibility index (Phi) is 3.88. The number of anilines is 1. The molecule has 6 nitrogen and oxygen atoms in total. The van der Waals surface area contributed by atoms with Gasteiger partial charge in [0.2, 0.25) is 5.13 Å². The van der Waals surface area contributed by atoms with E-state index in [2.05, 4.69) is 25.1 Å². The third kappa shape index (κ3) is 2.90. The van der Waals surface area contributed by atoms with Gasteiger partial charge in [-0.25, -0.2) is 4.98 Å². The minimum absolute atomic E-state index is 0.748. The Bertz CT molecular complexity index is 788. The molecule has 1 aliphatic heterocycles. The molecule has 0 aliphatic carbocycles. The molecule has 0 N–H and O–H groups in total. The number of fused-ring (bicyclic) bond motifs is 1. The van der Waals surface area contributed by atoms with Crippen LogP contribution in [0, 0.1) is 0 Å². The van der Waals surface area contributed by atoms with Crippen LogP contribution >= 0.6 is 23.1 Å². The second-order valence-electron chi connectivity index (χ2n) is 4.75. The summed E-state index contributed by atoms with van der Waals surface area (Å²) < 4.78 is 6.24. The van der Waals surface area contributed by atoms with Gasteiger partial charge in [0.1, 0.15) is 5.03 Å². The van der Waals surface area contributed by atoms with E-state index in [-0.39, 0.29) is 0 Å². The molecule has 0 amide bonds. The van der Waals surface area contributed by atoms with Gasteiger partial charge < -0.3 is 9.64 Å². The first-order valence-electron chi connectivity index (χ1n) is 6.94. The number of hydrogen-bond donors (Lipinski definition) is 0. The van der Waals surface area contributed by atoms with Crippen molar-refractivity contribution >= 4 is 39.3 Å². The molecule has 0 unspecified atom stereocenters. The normalized spacial score (nSPS) is 15.4. The van der Waals surface area contributed by atoms with Crippen molar-refractivity contribution in [1.82, 2.24) is 20.2 Å². The van der Waals surface area contributed by atoms with Gasteiger partial charge in [0.25, 0.3) is 0 Å². The van der Waals surface area contributed by atoms with Crippen LogP contribution in [0.5, 0.6) is 0 Å². The van der Waals surface area contributed by atoms with Gasteiger partial charge in [-0.2, -0.15) is 0 Å². The fourth-order valence-electron chi connectivity index (χ4n) is 2.21. The molecule has 0 bridgehead atoms. The van der Waals surface area contributed by atoms with E-state index >= 15 is 0 Å². The van der Waals surface area contributed by atoms with Gasteiger partial charge in [-0.1, -0.05) is 23.5 Å². The lowest BCUT2D eigenvalue weighted by molar-refractivity contribution is 0.122. The van der Waals surface area contributed by atoms with Gasteiger partial charge >= 0.3 is 0 Å². The van der Waals surface area contributed by atoms with Crippen molar-refractivity contribution in [2.45, 2.75) is 9.37 Å². The summed E-state index contributed by atoms with van der Waals surface area (Å²) in [7, 11) is 0. The summed E-state index contributed by atoms with van der Waals surface area (Å²) in [5.41, 5.74) is 1.79. The predicted octanol–water partition coefficient (Wildman–Crippen LogP) is 2.47. The van der Waals surface area contributed by atoms with Gasteiger partial charge in [0.05, 0.1) is 30.4 Å². The molecule has 1 saturated heterocycles. The highest BCUT2D eigenvalue weighted by Gasteiger charge is 2.16. The molecule has 8 heteroatoms. The Balaban J connectivity index is 1.53. The number of para-hydroxylation sites is 2. The smallest absolute Gasteiger partial charge is 0.209 e. The van der Waals surface area contributed by atoms with Gasteiger partial charge in [-0.3, -0.25) is 4.98 Å². The van der Waals surface area contributed by atoms with Crippen LogP contribution in [0.4, 0.5) is 5.13 Å². The maximum absolute atomic E-state index is 5.36. The van der Waals surface area contributed by atoms with E-state index in [0.29, 0.717) is 0 Å². The van der Waals surface area contributed by atoms with Crippen LogP contribution in [0.15, 0.2) is 39.8 Å². The van der Waals surface area contributed by atoms with E-state index in [1.807, 2.05) is 24.3 Å². The van der Waals surface area contributed by atoms with Crippen molar-refractivity contribution in [2.75, 3.05) is 31.2 Å². The maximum atomic E-state index is 5.36. The van der Waals surface area contributed by atoms with E-state index in [9.17, 15) is 0 Å². The molecule has 112 valence electrons. The molecule has 4 rings (SSSR count). The van der Waals surface area contributed by atoms with E-state index in [4.69, 9.17) is 4.74 Å². The number of aromatic nitrogens is 4. The molecule has 0 spiro atoms. The van der Waals surface area contributed by atoms with Crippen LogP contribution in [-0.4, -0.2) is 46.5 Å². The zero-order valence-electron chi connectivity index (χ0n) is 11.7. The van der Waals surface area contributed by atoms with Crippen molar-refractivity contribution in [3.63, 3.8) is 0 Å². The van der Waals surface area contributed by atoms with Crippen molar-refractivity contribution < 1.29 is 4.74 Å². The second kappa shape index (κ2) is 6.15. The number of nitrogens with zero attached hydrogens (tertiary/aromatic N) is 5. The van der Waals surface area contributed by atoms with Gasteiger partial charge in [0, 0.05) is 13.1 Å². The van der Waals surface area contributed by atoms with Crippen molar-refractivity contribution in [2.24, 2.45) is 0 Å². The molecule has 3 heterocycles. The standard InChI is InChI=1S/C14H13N5OS2/c1-2-4-11-10(3-1)15-9-12(16-11)21-14-18-17-13(22-14)19-5-7-20-8-6-19/h1-4,9H,5-8H2. The summed E-state index contributed by atoms with van der Waals surface area (Å²) in [6.07, 6.45) is 1.78. The monoisotopic (exact) mass is 331 g/mol. The summed E-state index contributed by atoms with van der Waals surface area (Å²) in [5, 5.41) is 10.3. The molecule has 1 aromatic carbocycles. The first-order chi connectivity index (χ1) is 10.9. The van der Waals surface area contributed by atoms with Gasteiger partial charge in [-0.05, 0) is 23.9 Å². The van der Waals surface area contributed by atoms with Crippen molar-refractivity contribution in [1.29, 1.82) is 0 Å². The lowest BCUT2D eigenvalue weighted by atomic mass is 10.3. The number of morpholine rings is 1. The molecular weight excluding hydrogens is 318 g/mol. The highest BCUT2D eigenvalue weighted by molar-refractivity contribution is 8.01.